The first kappa shape index (κ1) is 12.6. The predicted molar refractivity (Wildman–Crippen MR) is 80.8 cm³/mol. The number of halogens is 1. The Morgan fingerprint density at radius 3 is 2.81 bits per heavy atom. The van der Waals surface area contributed by atoms with E-state index in [1.807, 2.05) is 30.3 Å². The van der Waals surface area contributed by atoms with Crippen LogP contribution < -0.4 is 15.2 Å². The number of hydrogen-bond donors (Lipinski definition) is 1. The number of benzene rings is 1. The van der Waals surface area contributed by atoms with Gasteiger partial charge in [0.05, 0.1) is 14.8 Å². The van der Waals surface area contributed by atoms with Crippen LogP contribution in [0.3, 0.4) is 0 Å². The summed E-state index contributed by atoms with van der Waals surface area (Å²) in [4.78, 5) is 0.872. The summed E-state index contributed by atoms with van der Waals surface area (Å²) in [6.45, 7) is 0.227. The number of anilines is 1. The maximum Gasteiger partial charge on any atom is 0.231 e. The molecule has 0 spiro atoms. The van der Waals surface area contributed by atoms with Crippen LogP contribution in [0, 0.1) is 0 Å². The van der Waals surface area contributed by atoms with Crippen molar-refractivity contribution in [1.29, 1.82) is 0 Å². The number of fused-ring (bicyclic) bond motifs is 1. The molecule has 7 heteroatoms. The van der Waals surface area contributed by atoms with Crippen molar-refractivity contribution in [3.8, 4) is 33.3 Å². The quantitative estimate of drug-likeness (QED) is 0.771. The van der Waals surface area contributed by atoms with Gasteiger partial charge in [0.1, 0.15) is 0 Å². The molecule has 0 bridgehead atoms. The minimum absolute atomic E-state index is 0.227. The zero-order valence-corrected chi connectivity index (χ0v) is 12.2. The number of hydrogen-bond acceptors (Lipinski definition) is 6. The van der Waals surface area contributed by atoms with Crippen LogP contribution in [0.15, 0.2) is 34.9 Å². The molecule has 0 amide bonds. The van der Waals surface area contributed by atoms with Gasteiger partial charge in [-0.25, -0.2) is 0 Å². The first-order valence-corrected chi connectivity index (χ1v) is 7.32. The van der Waals surface area contributed by atoms with Crippen molar-refractivity contribution in [2.45, 2.75) is 0 Å². The Bertz CT molecular complexity index is 827. The minimum atomic E-state index is 0.227. The van der Waals surface area contributed by atoms with Gasteiger partial charge < -0.3 is 19.7 Å². The molecule has 0 atom stereocenters. The molecule has 1 aromatic carbocycles. The zero-order chi connectivity index (χ0) is 14.4. The second-order valence-electron chi connectivity index (χ2n) is 4.44. The molecular weight excluding hydrogens is 312 g/mol. The summed E-state index contributed by atoms with van der Waals surface area (Å²) in [7, 11) is 0. The average Bonchev–Trinajstić information content (AvgIpc) is 3.17. The number of thiophene rings is 1. The van der Waals surface area contributed by atoms with Gasteiger partial charge in [-0.15, -0.1) is 11.3 Å². The van der Waals surface area contributed by atoms with Gasteiger partial charge in [-0.2, -0.15) is 0 Å². The highest BCUT2D eigenvalue weighted by molar-refractivity contribution is 7.19. The summed E-state index contributed by atoms with van der Waals surface area (Å²) in [5, 5.41) is 3.87. The molecule has 5 nitrogen and oxygen atoms in total. The van der Waals surface area contributed by atoms with Gasteiger partial charge in [-0.05, 0) is 29.8 Å². The molecular formula is C14H9ClN2O3S. The maximum atomic E-state index is 5.98. The molecule has 3 heterocycles. The molecule has 1 aliphatic heterocycles. The van der Waals surface area contributed by atoms with E-state index in [2.05, 4.69) is 5.16 Å². The maximum absolute atomic E-state index is 5.98. The molecule has 0 radical (unpaired) electrons. The van der Waals surface area contributed by atoms with Crippen LogP contribution in [0.25, 0.3) is 21.8 Å². The van der Waals surface area contributed by atoms with E-state index in [1.165, 1.54) is 11.3 Å². The smallest absolute Gasteiger partial charge is 0.231 e. The summed E-state index contributed by atoms with van der Waals surface area (Å²) >= 11 is 7.39. The highest BCUT2D eigenvalue weighted by atomic mass is 35.5. The van der Waals surface area contributed by atoms with Crippen molar-refractivity contribution in [2.24, 2.45) is 0 Å². The highest BCUT2D eigenvalue weighted by Crippen LogP contribution is 2.43. The summed E-state index contributed by atoms with van der Waals surface area (Å²) in [6.07, 6.45) is 0. The molecule has 0 saturated heterocycles. The number of ether oxygens (including phenoxy) is 2. The lowest BCUT2D eigenvalue weighted by molar-refractivity contribution is 0.174. The van der Waals surface area contributed by atoms with Crippen LogP contribution in [0.1, 0.15) is 0 Å². The zero-order valence-electron chi connectivity index (χ0n) is 10.6. The normalized spacial score (nSPS) is 12.8. The standard InChI is InChI=1S/C14H9ClN2O3S/c15-11-4-3-10(21-11)13-12(14(16)17-20-13)7-1-2-8-9(5-7)19-6-18-8/h1-5H,6H2,(H2,16,17). The molecule has 0 fully saturated rings. The van der Waals surface area contributed by atoms with E-state index in [9.17, 15) is 0 Å². The molecule has 0 saturated carbocycles. The molecule has 3 aromatic rings. The summed E-state index contributed by atoms with van der Waals surface area (Å²) in [6, 6.07) is 9.29. The number of nitrogens with two attached hydrogens (primary N) is 1. The minimum Gasteiger partial charge on any atom is -0.454 e. The fraction of sp³-hybridized carbons (Fsp3) is 0.0714. The fourth-order valence-electron chi connectivity index (χ4n) is 2.24. The van der Waals surface area contributed by atoms with Crippen molar-refractivity contribution < 1.29 is 14.0 Å². The Labute approximate surface area is 128 Å². The number of nitrogen functional groups attached to an aromatic ring is 1. The predicted octanol–water partition coefficient (Wildman–Crippen LogP) is 4.03. The topological polar surface area (TPSA) is 70.5 Å². The molecule has 4 rings (SSSR count). The van der Waals surface area contributed by atoms with E-state index in [0.717, 1.165) is 21.8 Å². The number of rotatable bonds is 2. The lowest BCUT2D eigenvalue weighted by Crippen LogP contribution is -1.92. The van der Waals surface area contributed by atoms with Crippen LogP contribution in [0.4, 0.5) is 5.82 Å². The summed E-state index contributed by atoms with van der Waals surface area (Å²) in [5.74, 6) is 2.33. The van der Waals surface area contributed by atoms with Crippen LogP contribution in [-0.2, 0) is 0 Å². The average molecular weight is 321 g/mol. The lowest BCUT2D eigenvalue weighted by Gasteiger charge is -2.03. The Morgan fingerprint density at radius 1 is 1.14 bits per heavy atom. The lowest BCUT2D eigenvalue weighted by atomic mass is 10.0. The van der Waals surface area contributed by atoms with E-state index in [4.69, 9.17) is 31.3 Å². The van der Waals surface area contributed by atoms with Crippen molar-refractivity contribution in [3.05, 3.63) is 34.7 Å². The van der Waals surface area contributed by atoms with Crippen LogP contribution in [0.2, 0.25) is 4.34 Å². The van der Waals surface area contributed by atoms with Gasteiger partial charge in [0.2, 0.25) is 6.79 Å². The molecule has 1 aliphatic rings. The van der Waals surface area contributed by atoms with E-state index in [-0.39, 0.29) is 6.79 Å². The van der Waals surface area contributed by atoms with Crippen molar-refractivity contribution in [2.75, 3.05) is 12.5 Å². The van der Waals surface area contributed by atoms with Gasteiger partial charge in [0, 0.05) is 0 Å². The molecule has 0 aliphatic carbocycles. The third kappa shape index (κ3) is 2.03. The Balaban J connectivity index is 1.87. The van der Waals surface area contributed by atoms with Gasteiger partial charge in [0.25, 0.3) is 0 Å². The highest BCUT2D eigenvalue weighted by Gasteiger charge is 2.22. The second-order valence-corrected chi connectivity index (χ2v) is 6.16. The molecule has 2 N–H and O–H groups in total. The van der Waals surface area contributed by atoms with Gasteiger partial charge in [-0.3, -0.25) is 0 Å². The van der Waals surface area contributed by atoms with E-state index < -0.39 is 0 Å². The Morgan fingerprint density at radius 2 is 2.00 bits per heavy atom. The van der Waals surface area contributed by atoms with Crippen LogP contribution >= 0.6 is 22.9 Å². The Kier molecular flexibility index (Phi) is 2.80. The summed E-state index contributed by atoms with van der Waals surface area (Å²) < 4.78 is 16.8. The molecule has 106 valence electrons. The molecule has 21 heavy (non-hydrogen) atoms. The molecule has 2 aromatic heterocycles. The van der Waals surface area contributed by atoms with Crippen molar-refractivity contribution in [1.82, 2.24) is 5.16 Å². The van der Waals surface area contributed by atoms with Gasteiger partial charge in [0.15, 0.2) is 23.1 Å². The fourth-order valence-corrected chi connectivity index (χ4v) is 3.26. The van der Waals surface area contributed by atoms with Crippen LogP contribution in [-0.4, -0.2) is 11.9 Å². The van der Waals surface area contributed by atoms with E-state index in [1.54, 1.807) is 0 Å². The number of nitrogens with zero attached hydrogens (tertiary/aromatic N) is 1. The van der Waals surface area contributed by atoms with Crippen molar-refractivity contribution >= 4 is 28.8 Å². The monoisotopic (exact) mass is 320 g/mol. The first-order valence-electron chi connectivity index (χ1n) is 6.13. The first-order chi connectivity index (χ1) is 10.2. The third-order valence-electron chi connectivity index (χ3n) is 3.18. The number of aromatic nitrogens is 1. The summed E-state index contributed by atoms with van der Waals surface area (Å²) in [5.41, 5.74) is 7.54. The third-order valence-corrected chi connectivity index (χ3v) is 4.41. The van der Waals surface area contributed by atoms with Crippen molar-refractivity contribution in [3.63, 3.8) is 0 Å². The second kappa shape index (κ2) is 4.68. The largest absolute Gasteiger partial charge is 0.454 e. The van der Waals surface area contributed by atoms with E-state index >= 15 is 0 Å². The SMILES string of the molecule is Nc1noc(-c2ccc(Cl)s2)c1-c1ccc2c(c1)OCO2. The van der Waals surface area contributed by atoms with E-state index in [0.29, 0.717) is 21.7 Å². The van der Waals surface area contributed by atoms with Gasteiger partial charge >= 0.3 is 0 Å². The van der Waals surface area contributed by atoms with Crippen LogP contribution in [0.5, 0.6) is 11.5 Å². The van der Waals surface area contributed by atoms with Gasteiger partial charge in [-0.1, -0.05) is 22.8 Å². The molecule has 0 unspecified atom stereocenters. The Hall–Kier alpha value is -2.18.